The molecule has 0 unspecified atom stereocenters. The Hall–Kier alpha value is -0.670. The van der Waals surface area contributed by atoms with Crippen molar-refractivity contribution in [2.45, 2.75) is 45.6 Å². The van der Waals surface area contributed by atoms with E-state index < -0.39 is 0 Å². The van der Waals surface area contributed by atoms with E-state index in [2.05, 4.69) is 33.1 Å². The van der Waals surface area contributed by atoms with Crippen molar-refractivity contribution in [3.05, 3.63) is 36.0 Å². The van der Waals surface area contributed by atoms with Crippen LogP contribution in [0, 0.1) is 0 Å². The Balaban J connectivity index is 0. The Morgan fingerprint density at radius 3 is 2.12 bits per heavy atom. The summed E-state index contributed by atoms with van der Waals surface area (Å²) in [6, 6.07) is 0. The molecule has 3 heteroatoms. The molecule has 0 fully saturated rings. The van der Waals surface area contributed by atoms with Crippen LogP contribution < -0.4 is 0 Å². The van der Waals surface area contributed by atoms with Gasteiger partial charge in [0.2, 0.25) is 0 Å². The quantitative estimate of drug-likeness (QED) is 0.375. The van der Waals surface area contributed by atoms with Crippen molar-refractivity contribution >= 4 is 12.6 Å². The third-order valence-corrected chi connectivity index (χ3v) is 1.98. The first-order chi connectivity index (χ1) is 7.62. The number of aliphatic hydroxyl groups excluding tert-OH is 2. The van der Waals surface area contributed by atoms with E-state index in [9.17, 15) is 0 Å². The van der Waals surface area contributed by atoms with Gasteiger partial charge in [-0.25, -0.2) is 0 Å². The third kappa shape index (κ3) is 15.8. The third-order valence-electron chi connectivity index (χ3n) is 1.81. The minimum atomic E-state index is -0.0370. The highest BCUT2D eigenvalue weighted by Gasteiger charge is 1.97. The van der Waals surface area contributed by atoms with Crippen molar-refractivity contribution in [3.63, 3.8) is 0 Å². The smallest absolute Gasteiger partial charge is 0.115 e. The summed E-state index contributed by atoms with van der Waals surface area (Å²) in [4.78, 5) is 0. The zero-order valence-electron chi connectivity index (χ0n) is 10.3. The van der Waals surface area contributed by atoms with Crippen molar-refractivity contribution < 1.29 is 10.2 Å². The Morgan fingerprint density at radius 2 is 1.81 bits per heavy atom. The molecule has 0 bridgehead atoms. The van der Waals surface area contributed by atoms with Gasteiger partial charge in [-0.2, -0.15) is 12.6 Å². The molecule has 2 N–H and O–H groups in total. The van der Waals surface area contributed by atoms with Crippen molar-refractivity contribution in [1.82, 2.24) is 0 Å². The van der Waals surface area contributed by atoms with Crippen LogP contribution in [0.2, 0.25) is 0 Å². The number of allylic oxidation sites excluding steroid dienone is 3. The second-order valence-electron chi connectivity index (χ2n) is 3.37. The van der Waals surface area contributed by atoms with Gasteiger partial charge in [-0.3, -0.25) is 0 Å². The summed E-state index contributed by atoms with van der Waals surface area (Å²) in [6.07, 6.45) is 8.56. The molecule has 0 saturated carbocycles. The summed E-state index contributed by atoms with van der Waals surface area (Å²) >= 11 is 3.76. The fourth-order valence-electron chi connectivity index (χ4n) is 1.02. The van der Waals surface area contributed by atoms with Crippen LogP contribution in [0.4, 0.5) is 0 Å². The number of rotatable bonds is 6. The maximum absolute atomic E-state index is 9.05. The maximum atomic E-state index is 9.05. The average molecular weight is 244 g/mol. The molecule has 0 aromatic rings. The summed E-state index contributed by atoms with van der Waals surface area (Å²) in [6.45, 7) is 7.53. The largest absolute Gasteiger partial charge is 0.508 e. The predicted molar refractivity (Wildman–Crippen MR) is 74.9 cm³/mol. The number of hydrogen-bond donors (Lipinski definition) is 3. The van der Waals surface area contributed by atoms with E-state index >= 15 is 0 Å². The molecule has 2 nitrogen and oxygen atoms in total. The Kier molecular flexibility index (Phi) is 15.9. The molecule has 0 aliphatic rings. The molecular weight excluding hydrogens is 220 g/mol. The lowest BCUT2D eigenvalue weighted by Gasteiger charge is -2.04. The van der Waals surface area contributed by atoms with E-state index in [0.29, 0.717) is 0 Å². The van der Waals surface area contributed by atoms with E-state index in [1.165, 1.54) is 17.6 Å². The standard InChI is InChI=1S/C7H16O.C6H8OS/c1-3-5-7(8)6-4-2;1-2-6(7)4-3-5-8/h7-8H,3-6H2,1-2H3;2-5,7-8H,1H2/b;5-3+,6-4+. The molecule has 0 saturated heterocycles. The van der Waals surface area contributed by atoms with Crippen LogP contribution in [0.25, 0.3) is 0 Å². The predicted octanol–water partition coefficient (Wildman–Crippen LogP) is 4.01. The molecule has 16 heavy (non-hydrogen) atoms. The fraction of sp³-hybridized carbons (Fsp3) is 0.538. The first kappa shape index (κ1) is 17.7. The van der Waals surface area contributed by atoms with Gasteiger partial charge in [0.05, 0.1) is 6.10 Å². The van der Waals surface area contributed by atoms with Crippen LogP contribution in [0.5, 0.6) is 0 Å². The zero-order chi connectivity index (χ0) is 12.8. The van der Waals surface area contributed by atoms with Crippen LogP contribution in [0.3, 0.4) is 0 Å². The summed E-state index contributed by atoms with van der Waals surface area (Å²) in [5, 5.41) is 19.2. The highest BCUT2D eigenvalue weighted by molar-refractivity contribution is 7.83. The summed E-state index contributed by atoms with van der Waals surface area (Å²) in [5.74, 6) is 0.148. The summed E-state index contributed by atoms with van der Waals surface area (Å²) in [5.41, 5.74) is 0. The fourth-order valence-corrected chi connectivity index (χ4v) is 1.11. The Labute approximate surface area is 105 Å². The SMILES string of the molecule is C=C/C(O)=C\C=C\S.CCCC(O)CCC. The highest BCUT2D eigenvalue weighted by Crippen LogP contribution is 2.02. The number of aliphatic hydroxyl groups is 2. The first-order valence-electron chi connectivity index (χ1n) is 5.62. The van der Waals surface area contributed by atoms with Crippen LogP contribution in [0.1, 0.15) is 39.5 Å². The van der Waals surface area contributed by atoms with Crippen LogP contribution in [-0.4, -0.2) is 16.3 Å². The van der Waals surface area contributed by atoms with Crippen LogP contribution in [0.15, 0.2) is 36.0 Å². The van der Waals surface area contributed by atoms with E-state index in [1.807, 2.05) is 0 Å². The van der Waals surface area contributed by atoms with Crippen molar-refractivity contribution in [1.29, 1.82) is 0 Å². The number of hydrogen-bond acceptors (Lipinski definition) is 3. The van der Waals surface area contributed by atoms with Gasteiger partial charge >= 0.3 is 0 Å². The topological polar surface area (TPSA) is 40.5 Å². The lowest BCUT2D eigenvalue weighted by Crippen LogP contribution is -2.03. The maximum Gasteiger partial charge on any atom is 0.115 e. The average Bonchev–Trinajstić information content (AvgIpc) is 2.27. The molecule has 0 aliphatic carbocycles. The van der Waals surface area contributed by atoms with Crippen LogP contribution >= 0.6 is 12.6 Å². The van der Waals surface area contributed by atoms with Gasteiger partial charge in [0.1, 0.15) is 5.76 Å². The Bertz CT molecular complexity index is 204. The van der Waals surface area contributed by atoms with E-state index in [1.54, 1.807) is 6.08 Å². The van der Waals surface area contributed by atoms with Gasteiger partial charge in [0.15, 0.2) is 0 Å². The van der Waals surface area contributed by atoms with Gasteiger partial charge in [-0.1, -0.05) is 39.3 Å². The molecule has 0 aromatic carbocycles. The zero-order valence-corrected chi connectivity index (χ0v) is 11.2. The van der Waals surface area contributed by atoms with Gasteiger partial charge in [0.25, 0.3) is 0 Å². The molecule has 0 amide bonds. The lowest BCUT2D eigenvalue weighted by atomic mass is 10.1. The van der Waals surface area contributed by atoms with Crippen molar-refractivity contribution in [2.75, 3.05) is 0 Å². The molecule has 0 atom stereocenters. The van der Waals surface area contributed by atoms with E-state index in [0.717, 1.165) is 25.7 Å². The highest BCUT2D eigenvalue weighted by atomic mass is 32.1. The molecule has 0 aromatic heterocycles. The molecule has 94 valence electrons. The number of thiol groups is 1. The van der Waals surface area contributed by atoms with E-state index in [4.69, 9.17) is 10.2 Å². The first-order valence-corrected chi connectivity index (χ1v) is 6.14. The summed E-state index contributed by atoms with van der Waals surface area (Å²) < 4.78 is 0. The molecule has 0 heterocycles. The molecule has 0 rings (SSSR count). The van der Waals surface area contributed by atoms with Crippen LogP contribution in [-0.2, 0) is 0 Å². The van der Waals surface area contributed by atoms with E-state index in [-0.39, 0.29) is 11.9 Å². The van der Waals surface area contributed by atoms with Gasteiger partial charge in [-0.05, 0) is 30.4 Å². The van der Waals surface area contributed by atoms with Gasteiger partial charge in [0, 0.05) is 0 Å². The van der Waals surface area contributed by atoms with Gasteiger partial charge < -0.3 is 10.2 Å². The second kappa shape index (κ2) is 14.3. The minimum Gasteiger partial charge on any atom is -0.508 e. The summed E-state index contributed by atoms with van der Waals surface area (Å²) in [7, 11) is 0. The minimum absolute atomic E-state index is 0.0370. The molecule has 0 aliphatic heterocycles. The lowest BCUT2D eigenvalue weighted by molar-refractivity contribution is 0.153. The molecule has 0 radical (unpaired) electrons. The Morgan fingerprint density at radius 1 is 1.31 bits per heavy atom. The normalized spacial score (nSPS) is 11.4. The monoisotopic (exact) mass is 244 g/mol. The van der Waals surface area contributed by atoms with Crippen molar-refractivity contribution in [2.24, 2.45) is 0 Å². The second-order valence-corrected chi connectivity index (χ2v) is 3.67. The van der Waals surface area contributed by atoms with Crippen molar-refractivity contribution in [3.8, 4) is 0 Å². The molecular formula is C13H24O2S. The van der Waals surface area contributed by atoms with Gasteiger partial charge in [-0.15, -0.1) is 0 Å². The molecule has 0 spiro atoms.